The number of halogens is 4. The van der Waals surface area contributed by atoms with Crippen molar-refractivity contribution in [3.8, 4) is 0 Å². The number of amides is 1. The van der Waals surface area contributed by atoms with Crippen molar-refractivity contribution in [2.75, 3.05) is 19.4 Å². The predicted molar refractivity (Wildman–Crippen MR) is 94.2 cm³/mol. The molecule has 0 heterocycles. The maximum atomic E-state index is 12.8. The highest BCUT2D eigenvalue weighted by atomic mass is 35.5. The minimum atomic E-state index is -4.91. The molecule has 0 radical (unpaired) electrons. The molecule has 0 saturated carbocycles. The zero-order valence-electron chi connectivity index (χ0n) is 14.0. The molecule has 2 rings (SSSR count). The highest BCUT2D eigenvalue weighted by Gasteiger charge is 2.33. The van der Waals surface area contributed by atoms with Crippen molar-refractivity contribution in [3.63, 3.8) is 0 Å². The quantitative estimate of drug-likeness (QED) is 0.602. The molecular formula is C16H14ClF3N2O4S. The molecule has 2 aromatic carbocycles. The lowest BCUT2D eigenvalue weighted by Crippen LogP contribution is -2.47. The number of carbonyl (C=O) groups excluding carboxylic acids is 1. The van der Waals surface area contributed by atoms with Gasteiger partial charge in [0.1, 0.15) is 5.56 Å². The number of alkyl halides is 3. The third-order valence-electron chi connectivity index (χ3n) is 3.79. The second kappa shape index (κ2) is 7.12. The third kappa shape index (κ3) is 4.59. The van der Waals surface area contributed by atoms with Gasteiger partial charge in [-0.25, -0.2) is 3.89 Å². The molecule has 27 heavy (non-hydrogen) atoms. The van der Waals surface area contributed by atoms with Crippen LogP contribution < -0.4 is 9.21 Å². The van der Waals surface area contributed by atoms with Crippen molar-refractivity contribution in [1.82, 2.24) is 3.89 Å². The van der Waals surface area contributed by atoms with Crippen LogP contribution in [0.15, 0.2) is 42.5 Å². The molecule has 0 unspecified atom stereocenters. The molecule has 6 nitrogen and oxygen atoms in total. The standard InChI is InChI=1S/C16H14ClF3N2O4S/c1-22(2,27(24,25)26)14-7-6-11(17)9-13(14)15(23)21-12-5-3-4-10(8-12)16(18,19)20/h3-9H,1-2H3,(H-,21,23,24,25,26). The summed E-state index contributed by atoms with van der Waals surface area (Å²) >= 11 is 5.85. The molecule has 0 spiro atoms. The minimum absolute atomic E-state index is 0.0799. The summed E-state index contributed by atoms with van der Waals surface area (Å²) in [6, 6.07) is 7.53. The molecule has 0 aliphatic carbocycles. The summed E-state index contributed by atoms with van der Waals surface area (Å²) in [6.07, 6.45) is -4.60. The highest BCUT2D eigenvalue weighted by molar-refractivity contribution is 7.85. The van der Waals surface area contributed by atoms with E-state index in [-0.39, 0.29) is 22.0 Å². The first kappa shape index (κ1) is 21.2. The Hall–Kier alpha value is -2.14. The summed E-state index contributed by atoms with van der Waals surface area (Å²) in [7, 11) is -2.78. The Balaban J connectivity index is 2.48. The fraction of sp³-hybridized carbons (Fsp3) is 0.188. The van der Waals surface area contributed by atoms with Crippen molar-refractivity contribution < 1.29 is 30.9 Å². The van der Waals surface area contributed by atoms with E-state index in [2.05, 4.69) is 5.32 Å². The summed E-state index contributed by atoms with van der Waals surface area (Å²) in [5, 5.41) is 2.34. The zero-order chi connectivity index (χ0) is 20.6. The zero-order valence-corrected chi connectivity index (χ0v) is 15.6. The van der Waals surface area contributed by atoms with Crippen LogP contribution in [0.3, 0.4) is 0 Å². The number of benzene rings is 2. The second-order valence-electron chi connectivity index (χ2n) is 5.97. The Labute approximate surface area is 158 Å². The van der Waals surface area contributed by atoms with Gasteiger partial charge >= 0.3 is 6.18 Å². The lowest BCUT2D eigenvalue weighted by atomic mass is 10.1. The molecule has 11 heteroatoms. The number of anilines is 1. The second-order valence-corrected chi connectivity index (χ2v) is 8.18. The van der Waals surface area contributed by atoms with Crippen LogP contribution in [-0.2, 0) is 16.5 Å². The SMILES string of the molecule is C[N+](C)(c1ccc(Cl)cc1C(=O)Nc1cccc(C(F)(F)F)c1)S(=O)(=O)[O-]. The molecular weight excluding hydrogens is 409 g/mol. The fourth-order valence-electron chi connectivity index (χ4n) is 2.25. The van der Waals surface area contributed by atoms with E-state index in [1.54, 1.807) is 0 Å². The number of carbonyl (C=O) groups is 1. The first-order valence-electron chi connectivity index (χ1n) is 7.32. The van der Waals surface area contributed by atoms with Gasteiger partial charge in [-0.05, 0) is 30.3 Å². The van der Waals surface area contributed by atoms with E-state index in [9.17, 15) is 30.9 Å². The van der Waals surface area contributed by atoms with E-state index >= 15 is 0 Å². The maximum absolute atomic E-state index is 12.8. The molecule has 0 aliphatic heterocycles. The van der Waals surface area contributed by atoms with E-state index in [1.807, 2.05) is 0 Å². The molecule has 0 fully saturated rings. The van der Waals surface area contributed by atoms with Gasteiger partial charge in [-0.3, -0.25) is 4.79 Å². The summed E-state index contributed by atoms with van der Waals surface area (Å²) in [5.74, 6) is -0.915. The van der Waals surface area contributed by atoms with Gasteiger partial charge in [-0.2, -0.15) is 21.6 Å². The average molecular weight is 423 g/mol. The predicted octanol–water partition coefficient (Wildman–Crippen LogP) is 3.64. The van der Waals surface area contributed by atoms with Crippen molar-refractivity contribution in [3.05, 3.63) is 58.6 Å². The number of hydrogen-bond donors (Lipinski definition) is 1. The molecule has 0 aliphatic rings. The fourth-order valence-corrected chi connectivity index (χ4v) is 2.82. The lowest BCUT2D eigenvalue weighted by molar-refractivity contribution is -0.137. The highest BCUT2D eigenvalue weighted by Crippen LogP contribution is 2.32. The Morgan fingerprint density at radius 3 is 2.33 bits per heavy atom. The monoisotopic (exact) mass is 422 g/mol. The summed E-state index contributed by atoms with van der Waals surface area (Å²) < 4.78 is 71.9. The van der Waals surface area contributed by atoms with Crippen LogP contribution in [0, 0.1) is 0 Å². The van der Waals surface area contributed by atoms with Gasteiger partial charge < -0.3 is 9.87 Å². The summed E-state index contributed by atoms with van der Waals surface area (Å²) in [4.78, 5) is 12.6. The van der Waals surface area contributed by atoms with Crippen molar-refractivity contribution in [2.24, 2.45) is 0 Å². The van der Waals surface area contributed by atoms with Crippen molar-refractivity contribution >= 4 is 39.2 Å². The Morgan fingerprint density at radius 1 is 1.15 bits per heavy atom. The van der Waals surface area contributed by atoms with Crippen molar-refractivity contribution in [1.29, 1.82) is 0 Å². The number of nitrogens with zero attached hydrogens (tertiary/aromatic N) is 1. The first-order chi connectivity index (χ1) is 12.2. The van der Waals surface area contributed by atoms with Crippen LogP contribution in [0.25, 0.3) is 0 Å². The summed E-state index contributed by atoms with van der Waals surface area (Å²) in [5.41, 5.74) is -1.57. The van der Waals surface area contributed by atoms with Gasteiger partial charge in [0.2, 0.25) is 0 Å². The van der Waals surface area contributed by atoms with Crippen LogP contribution in [0.2, 0.25) is 5.02 Å². The van der Waals surface area contributed by atoms with Gasteiger partial charge in [0, 0.05) is 16.8 Å². The normalized spacial score (nSPS) is 12.7. The van der Waals surface area contributed by atoms with Gasteiger partial charge in [0.05, 0.1) is 19.7 Å². The van der Waals surface area contributed by atoms with Gasteiger partial charge in [0.15, 0.2) is 5.69 Å². The Morgan fingerprint density at radius 2 is 1.78 bits per heavy atom. The van der Waals surface area contributed by atoms with Gasteiger partial charge in [-0.1, -0.05) is 17.7 Å². The lowest BCUT2D eigenvalue weighted by Gasteiger charge is -2.31. The third-order valence-corrected chi connectivity index (χ3v) is 5.34. The summed E-state index contributed by atoms with van der Waals surface area (Å²) in [6.45, 7) is 0. The van der Waals surface area contributed by atoms with Crippen molar-refractivity contribution in [2.45, 2.75) is 6.18 Å². The van der Waals surface area contributed by atoms with Crippen LogP contribution in [-0.4, -0.2) is 33.0 Å². The molecule has 146 valence electrons. The molecule has 0 saturated heterocycles. The molecule has 1 amide bonds. The van der Waals surface area contributed by atoms with Gasteiger partial charge in [-0.15, -0.1) is 0 Å². The smallest absolute Gasteiger partial charge is 0.416 e. The first-order valence-corrected chi connectivity index (χ1v) is 9.06. The van der Waals surface area contributed by atoms with E-state index in [0.29, 0.717) is 0 Å². The molecule has 2 aromatic rings. The van der Waals surface area contributed by atoms with E-state index in [0.717, 1.165) is 38.4 Å². The molecule has 0 aromatic heterocycles. The topological polar surface area (TPSA) is 86.3 Å². The average Bonchev–Trinajstić information content (AvgIpc) is 2.53. The van der Waals surface area contributed by atoms with Crippen LogP contribution >= 0.6 is 11.6 Å². The van der Waals surface area contributed by atoms with Crippen LogP contribution in [0.5, 0.6) is 0 Å². The number of rotatable bonds is 4. The molecule has 0 bridgehead atoms. The Kier molecular flexibility index (Phi) is 5.58. The molecule has 0 atom stereocenters. The number of quaternary nitrogens is 1. The number of nitrogens with one attached hydrogen (secondary N) is 1. The maximum Gasteiger partial charge on any atom is 0.416 e. The van der Waals surface area contributed by atoms with E-state index in [4.69, 9.17) is 11.6 Å². The van der Waals surface area contributed by atoms with Crippen LogP contribution in [0.4, 0.5) is 24.5 Å². The number of hydrogen-bond acceptors (Lipinski definition) is 4. The van der Waals surface area contributed by atoms with Crippen LogP contribution in [0.1, 0.15) is 15.9 Å². The van der Waals surface area contributed by atoms with Gasteiger partial charge in [0.25, 0.3) is 16.2 Å². The molecule has 1 N–H and O–H groups in total. The van der Waals surface area contributed by atoms with E-state index < -0.39 is 31.8 Å². The largest absolute Gasteiger partial charge is 0.701 e. The van der Waals surface area contributed by atoms with E-state index in [1.165, 1.54) is 18.2 Å². The Bertz CT molecular complexity index is 991. The minimum Gasteiger partial charge on any atom is -0.701 e.